The van der Waals surface area contributed by atoms with Gasteiger partial charge < -0.3 is 9.84 Å². The van der Waals surface area contributed by atoms with Crippen LogP contribution in [0, 0.1) is 11.7 Å². The van der Waals surface area contributed by atoms with E-state index in [4.69, 9.17) is 4.74 Å². The number of carboxylic acid groups (broad SMARTS) is 1. The van der Waals surface area contributed by atoms with Crippen molar-refractivity contribution in [3.8, 4) is 16.9 Å². The summed E-state index contributed by atoms with van der Waals surface area (Å²) in [5, 5.41) is 9.55. The number of carboxylic acids is 1. The summed E-state index contributed by atoms with van der Waals surface area (Å²) in [7, 11) is 0. The van der Waals surface area contributed by atoms with Crippen molar-refractivity contribution in [1.29, 1.82) is 0 Å². The molecule has 0 aliphatic carbocycles. The molecule has 0 saturated heterocycles. The first-order valence-corrected chi connectivity index (χ1v) is 8.38. The second kappa shape index (κ2) is 8.41. The lowest BCUT2D eigenvalue weighted by Gasteiger charge is -2.18. The predicted octanol–water partition coefficient (Wildman–Crippen LogP) is 5.65. The highest BCUT2D eigenvalue weighted by molar-refractivity contribution is 5.78. The Morgan fingerprint density at radius 3 is 2.22 bits per heavy atom. The molecule has 1 unspecified atom stereocenters. The highest BCUT2D eigenvalue weighted by Gasteiger charge is 2.29. The normalized spacial score (nSPS) is 12.9. The van der Waals surface area contributed by atoms with Gasteiger partial charge in [0, 0.05) is 0 Å². The maximum absolute atomic E-state index is 13.2. The first-order valence-electron chi connectivity index (χ1n) is 8.38. The monoisotopic (exact) mass is 384 g/mol. The van der Waals surface area contributed by atoms with Gasteiger partial charge in [0.1, 0.15) is 11.6 Å². The molecule has 2 aromatic rings. The molecule has 0 fully saturated rings. The van der Waals surface area contributed by atoms with Crippen LogP contribution in [0.15, 0.2) is 42.5 Å². The van der Waals surface area contributed by atoms with Crippen molar-refractivity contribution in [1.82, 2.24) is 0 Å². The number of ether oxygens (including phenoxy) is 1. The average Bonchev–Trinajstić information content (AvgIpc) is 2.57. The number of aliphatic carboxylic acids is 1. The largest absolute Gasteiger partial charge is 0.484 e. The van der Waals surface area contributed by atoms with E-state index in [1.54, 1.807) is 6.07 Å². The fourth-order valence-electron chi connectivity index (χ4n) is 2.73. The quantitative estimate of drug-likeness (QED) is 0.628. The molecule has 146 valence electrons. The molecule has 1 N–H and O–H groups in total. The molecular weight excluding hydrogens is 364 g/mol. The summed E-state index contributed by atoms with van der Waals surface area (Å²) in [6.45, 7) is 2.24. The van der Waals surface area contributed by atoms with Crippen LogP contribution in [0.1, 0.15) is 31.7 Å². The van der Waals surface area contributed by atoms with Crippen molar-refractivity contribution in [2.24, 2.45) is 5.92 Å². The van der Waals surface area contributed by atoms with Crippen LogP contribution in [0.5, 0.6) is 5.75 Å². The van der Waals surface area contributed by atoms with E-state index in [2.05, 4.69) is 0 Å². The average molecular weight is 384 g/mol. The Hall–Kier alpha value is -2.57. The second-order valence-electron chi connectivity index (χ2n) is 6.72. The van der Waals surface area contributed by atoms with Gasteiger partial charge in [0.05, 0.1) is 5.92 Å². The minimum atomic E-state index is -4.52. The van der Waals surface area contributed by atoms with E-state index < -0.39 is 30.5 Å². The minimum absolute atomic E-state index is 0.0696. The van der Waals surface area contributed by atoms with Crippen LogP contribution in [-0.2, 0) is 4.79 Å². The lowest BCUT2D eigenvalue weighted by molar-refractivity contribution is -0.153. The summed E-state index contributed by atoms with van der Waals surface area (Å²) in [5.74, 6) is -2.42. The van der Waals surface area contributed by atoms with Crippen molar-refractivity contribution < 1.29 is 32.2 Å². The van der Waals surface area contributed by atoms with Gasteiger partial charge in [-0.15, -0.1) is 0 Å². The maximum Gasteiger partial charge on any atom is 0.422 e. The number of hydrogen-bond acceptors (Lipinski definition) is 2. The molecule has 0 heterocycles. The van der Waals surface area contributed by atoms with Crippen molar-refractivity contribution >= 4 is 5.97 Å². The Labute approximate surface area is 154 Å². The fourth-order valence-corrected chi connectivity index (χ4v) is 2.73. The van der Waals surface area contributed by atoms with Crippen molar-refractivity contribution in [3.05, 3.63) is 53.8 Å². The van der Waals surface area contributed by atoms with E-state index in [0.717, 1.165) is 0 Å². The number of hydrogen-bond donors (Lipinski definition) is 1. The molecule has 0 aromatic heterocycles. The van der Waals surface area contributed by atoms with Crippen LogP contribution in [-0.4, -0.2) is 23.9 Å². The van der Waals surface area contributed by atoms with Gasteiger partial charge >= 0.3 is 12.1 Å². The zero-order valence-electron chi connectivity index (χ0n) is 14.9. The molecule has 2 aromatic carbocycles. The summed E-state index contributed by atoms with van der Waals surface area (Å²) >= 11 is 0. The summed E-state index contributed by atoms with van der Waals surface area (Å²) in [5.41, 5.74) is 1.35. The van der Waals surface area contributed by atoms with Gasteiger partial charge in [0.25, 0.3) is 0 Å². The zero-order chi connectivity index (χ0) is 20.2. The molecule has 7 heteroatoms. The number of benzene rings is 2. The van der Waals surface area contributed by atoms with Crippen LogP contribution in [0.3, 0.4) is 0 Å². The molecule has 0 aliphatic heterocycles. The van der Waals surface area contributed by atoms with Gasteiger partial charge in [-0.2, -0.15) is 13.2 Å². The Morgan fingerprint density at radius 2 is 1.70 bits per heavy atom. The number of alkyl halides is 3. The van der Waals surface area contributed by atoms with E-state index in [1.807, 2.05) is 13.8 Å². The second-order valence-corrected chi connectivity index (χ2v) is 6.72. The SMILES string of the molecule is CC(C)CC(C(=O)O)c1cc(OCC(F)(F)F)cc(-c2ccc(F)cc2)c1. The van der Waals surface area contributed by atoms with Gasteiger partial charge in [-0.25, -0.2) is 4.39 Å². The number of halogens is 4. The Kier molecular flexibility index (Phi) is 6.46. The van der Waals surface area contributed by atoms with Crippen molar-refractivity contribution in [3.63, 3.8) is 0 Å². The lowest BCUT2D eigenvalue weighted by Crippen LogP contribution is -2.19. The topological polar surface area (TPSA) is 46.5 Å². The van der Waals surface area contributed by atoms with Gasteiger partial charge in [0.2, 0.25) is 0 Å². The van der Waals surface area contributed by atoms with Crippen LogP contribution in [0.25, 0.3) is 11.1 Å². The van der Waals surface area contributed by atoms with E-state index in [1.165, 1.54) is 36.4 Å². The molecule has 0 bridgehead atoms. The molecule has 2 rings (SSSR count). The molecule has 0 radical (unpaired) electrons. The molecule has 27 heavy (non-hydrogen) atoms. The Morgan fingerprint density at radius 1 is 1.07 bits per heavy atom. The Balaban J connectivity index is 2.49. The molecular formula is C20H20F4O3. The van der Waals surface area contributed by atoms with Crippen LogP contribution in [0.2, 0.25) is 0 Å². The lowest BCUT2D eigenvalue weighted by atomic mass is 9.88. The summed E-state index contributed by atoms with van der Waals surface area (Å²) in [4.78, 5) is 11.7. The number of carbonyl (C=O) groups is 1. The van der Waals surface area contributed by atoms with E-state index in [-0.39, 0.29) is 11.7 Å². The van der Waals surface area contributed by atoms with E-state index >= 15 is 0 Å². The third-order valence-corrected chi connectivity index (χ3v) is 3.92. The molecule has 1 atom stereocenters. The first kappa shape index (κ1) is 20.7. The molecule has 0 amide bonds. The maximum atomic E-state index is 13.2. The third-order valence-electron chi connectivity index (χ3n) is 3.92. The van der Waals surface area contributed by atoms with Gasteiger partial charge in [-0.3, -0.25) is 4.79 Å². The van der Waals surface area contributed by atoms with E-state index in [9.17, 15) is 27.5 Å². The van der Waals surface area contributed by atoms with Crippen molar-refractivity contribution in [2.75, 3.05) is 6.61 Å². The standard InChI is InChI=1S/C20H20F4O3/c1-12(2)7-18(19(25)26)15-8-14(13-3-5-16(21)6-4-13)9-17(10-15)27-11-20(22,23)24/h3-6,8-10,12,18H,7,11H2,1-2H3,(H,25,26). The zero-order valence-corrected chi connectivity index (χ0v) is 14.9. The third kappa shape index (κ3) is 6.27. The van der Waals surface area contributed by atoms with Crippen LogP contribution < -0.4 is 4.74 Å². The van der Waals surface area contributed by atoms with Gasteiger partial charge in [0.15, 0.2) is 6.61 Å². The highest BCUT2D eigenvalue weighted by Crippen LogP contribution is 2.33. The summed E-state index contributed by atoms with van der Waals surface area (Å²) in [6, 6.07) is 9.69. The Bertz CT molecular complexity index is 783. The molecule has 0 saturated carbocycles. The summed E-state index contributed by atoms with van der Waals surface area (Å²) < 4.78 is 55.5. The molecule has 3 nitrogen and oxygen atoms in total. The molecule has 0 aliphatic rings. The van der Waals surface area contributed by atoms with Crippen LogP contribution in [0.4, 0.5) is 17.6 Å². The summed E-state index contributed by atoms with van der Waals surface area (Å²) in [6.07, 6.45) is -4.20. The van der Waals surface area contributed by atoms with Gasteiger partial charge in [-0.1, -0.05) is 32.0 Å². The molecule has 0 spiro atoms. The highest BCUT2D eigenvalue weighted by atomic mass is 19.4. The number of rotatable bonds is 7. The fraction of sp³-hybridized carbons (Fsp3) is 0.350. The van der Waals surface area contributed by atoms with E-state index in [0.29, 0.717) is 23.1 Å². The predicted molar refractivity (Wildman–Crippen MR) is 93.2 cm³/mol. The van der Waals surface area contributed by atoms with Crippen molar-refractivity contribution in [2.45, 2.75) is 32.4 Å². The first-order chi connectivity index (χ1) is 12.5. The van der Waals surface area contributed by atoms with Crippen LogP contribution >= 0.6 is 0 Å². The smallest absolute Gasteiger partial charge is 0.422 e. The van der Waals surface area contributed by atoms with Gasteiger partial charge in [-0.05, 0) is 53.3 Å². The minimum Gasteiger partial charge on any atom is -0.484 e.